The number of hydrogen-bond donors (Lipinski definition) is 0. The summed E-state index contributed by atoms with van der Waals surface area (Å²) in [7, 11) is 0. The zero-order chi connectivity index (χ0) is 7.82. The van der Waals surface area contributed by atoms with Crippen molar-refractivity contribution >= 4 is 48.9 Å². The molecule has 54 valence electrons. The van der Waals surface area contributed by atoms with E-state index in [1.807, 2.05) is 30.3 Å². The predicted octanol–water partition coefficient (Wildman–Crippen LogP) is 2.48. The fraction of sp³-hybridized carbons (Fsp3) is 0.100. The minimum Gasteiger partial charge on any atom is -0.346 e. The summed E-state index contributed by atoms with van der Waals surface area (Å²) in [6, 6.07) is 9.84. The van der Waals surface area contributed by atoms with Gasteiger partial charge in [0.05, 0.1) is 0 Å². The van der Waals surface area contributed by atoms with Crippen LogP contribution in [0, 0.1) is 13.0 Å². The molecule has 11 heavy (non-hydrogen) atoms. The zero-order valence-electron chi connectivity index (χ0n) is 7.01. The van der Waals surface area contributed by atoms with Gasteiger partial charge in [-0.2, -0.15) is 37.3 Å². The number of hydrogen-bond acceptors (Lipinski definition) is 0. The molecule has 0 aliphatic carbocycles. The Balaban J connectivity index is 0. The molecule has 0 saturated carbocycles. The third-order valence-corrected chi connectivity index (χ3v) is 0.978. The Morgan fingerprint density at radius 3 is 1.91 bits per heavy atom. The van der Waals surface area contributed by atoms with Crippen LogP contribution in [0.15, 0.2) is 36.9 Å². The van der Waals surface area contributed by atoms with E-state index in [0.29, 0.717) is 0 Å². The Morgan fingerprint density at radius 2 is 1.64 bits per heavy atom. The first-order valence-electron chi connectivity index (χ1n) is 3.22. The molecule has 1 aromatic carbocycles. The maximum absolute atomic E-state index is 3.51. The minimum atomic E-state index is 0. The van der Waals surface area contributed by atoms with E-state index < -0.39 is 0 Å². The molecule has 0 bridgehead atoms. The third-order valence-electron chi connectivity index (χ3n) is 0.978. The van der Waals surface area contributed by atoms with Gasteiger partial charge in [0.25, 0.3) is 0 Å². The second kappa shape index (κ2) is 10.5. The Hall–Kier alpha value is 0.531. The van der Waals surface area contributed by atoms with Crippen molar-refractivity contribution in [2.45, 2.75) is 6.92 Å². The van der Waals surface area contributed by atoms with Crippen LogP contribution in [-0.4, -0.2) is 48.9 Å². The van der Waals surface area contributed by atoms with Crippen LogP contribution in [0.1, 0.15) is 12.5 Å². The molecule has 0 heterocycles. The Labute approximate surface area is 110 Å². The molecule has 0 aromatic heterocycles. The zero-order valence-corrected chi connectivity index (χ0v) is 11.4. The van der Waals surface area contributed by atoms with Crippen molar-refractivity contribution < 1.29 is 0 Å². The molecule has 0 aliphatic rings. The minimum absolute atomic E-state index is 0. The normalized spacial score (nSPS) is 6.73. The molecule has 0 fully saturated rings. The van der Waals surface area contributed by atoms with E-state index in [0.717, 1.165) is 5.56 Å². The molecule has 1 heteroatoms. The first kappa shape index (κ1) is 14.1. The summed E-state index contributed by atoms with van der Waals surface area (Å²) in [6.45, 7) is 8.51. The fourth-order valence-electron chi connectivity index (χ4n) is 0.556. The molecule has 0 N–H and O–H groups in total. The Morgan fingerprint density at radius 1 is 1.18 bits per heavy atom. The Kier molecular flexibility index (Phi) is 13.5. The van der Waals surface area contributed by atoms with Gasteiger partial charge in [-0.15, -0.1) is 12.1 Å². The van der Waals surface area contributed by atoms with Gasteiger partial charge in [-0.1, -0.05) is 6.07 Å². The van der Waals surface area contributed by atoms with Crippen LogP contribution in [-0.2, 0) is 0 Å². The van der Waals surface area contributed by atoms with Crippen LogP contribution in [0.25, 0.3) is 0 Å². The molecule has 0 nitrogen and oxygen atoms in total. The van der Waals surface area contributed by atoms with E-state index in [9.17, 15) is 0 Å². The average molecular weight is 270 g/mol. The molecular weight excluding hydrogens is 257 g/mol. The van der Waals surface area contributed by atoms with Gasteiger partial charge in [-0.3, -0.25) is 0 Å². The topological polar surface area (TPSA) is 0 Å². The molecule has 0 amide bonds. The van der Waals surface area contributed by atoms with Crippen molar-refractivity contribution in [1.29, 1.82) is 0 Å². The summed E-state index contributed by atoms with van der Waals surface area (Å²) in [4.78, 5) is 0. The summed E-state index contributed by atoms with van der Waals surface area (Å²) in [5, 5.41) is 0. The van der Waals surface area contributed by atoms with Crippen LogP contribution >= 0.6 is 0 Å². The average Bonchev–Trinajstić information content (AvgIpc) is 2.10. The molecule has 0 spiro atoms. The second-order valence-corrected chi connectivity index (χ2v) is 1.54. The molecule has 1 aromatic rings. The molecular formula is C10H12Ba. The maximum Gasteiger partial charge on any atom is 2.00 e. The molecule has 1 rings (SSSR count). The van der Waals surface area contributed by atoms with Crippen LogP contribution < -0.4 is 0 Å². The summed E-state index contributed by atoms with van der Waals surface area (Å²) in [5.74, 6) is 0. The first-order valence-corrected chi connectivity index (χ1v) is 3.22. The molecule has 0 unspecified atom stereocenters. The number of rotatable bonds is 1. The quantitative estimate of drug-likeness (QED) is 0.543. The standard InChI is InChI=1S/C8H7.C2H5.Ba/c1-2-8-6-4-3-5-7-8;1-2;/h3-7H,1H2;1H2,2H3;/q2*-1;+2. The van der Waals surface area contributed by atoms with Crippen molar-refractivity contribution in [3.8, 4) is 0 Å². The van der Waals surface area contributed by atoms with Gasteiger partial charge in [0.1, 0.15) is 0 Å². The van der Waals surface area contributed by atoms with Crippen molar-refractivity contribution in [3.05, 3.63) is 55.5 Å². The van der Waals surface area contributed by atoms with E-state index in [4.69, 9.17) is 0 Å². The van der Waals surface area contributed by atoms with E-state index >= 15 is 0 Å². The van der Waals surface area contributed by atoms with Crippen LogP contribution in [0.2, 0.25) is 0 Å². The van der Waals surface area contributed by atoms with Crippen molar-refractivity contribution in [3.63, 3.8) is 0 Å². The van der Waals surface area contributed by atoms with E-state index in [1.165, 1.54) is 0 Å². The van der Waals surface area contributed by atoms with E-state index in [1.54, 1.807) is 6.92 Å². The van der Waals surface area contributed by atoms with Gasteiger partial charge in [0, 0.05) is 0 Å². The van der Waals surface area contributed by atoms with Crippen molar-refractivity contribution in [2.75, 3.05) is 0 Å². The third kappa shape index (κ3) is 6.91. The van der Waals surface area contributed by atoms with Gasteiger partial charge >= 0.3 is 48.9 Å². The van der Waals surface area contributed by atoms with Crippen molar-refractivity contribution in [2.24, 2.45) is 0 Å². The smallest absolute Gasteiger partial charge is 0.346 e. The largest absolute Gasteiger partial charge is 2.00 e. The predicted molar refractivity (Wildman–Crippen MR) is 51.2 cm³/mol. The van der Waals surface area contributed by atoms with E-state index in [-0.39, 0.29) is 48.9 Å². The van der Waals surface area contributed by atoms with Crippen LogP contribution in [0.5, 0.6) is 0 Å². The Bertz CT molecular complexity index is 167. The van der Waals surface area contributed by atoms with Gasteiger partial charge in [0.15, 0.2) is 0 Å². The monoisotopic (exact) mass is 270 g/mol. The van der Waals surface area contributed by atoms with Gasteiger partial charge in [-0.25, -0.2) is 0 Å². The summed E-state index contributed by atoms with van der Waals surface area (Å²) >= 11 is 0. The summed E-state index contributed by atoms with van der Waals surface area (Å²) in [6.07, 6.45) is 2.78. The molecule has 0 aliphatic heterocycles. The van der Waals surface area contributed by atoms with Crippen LogP contribution in [0.3, 0.4) is 0 Å². The number of benzene rings is 1. The molecule has 0 atom stereocenters. The van der Waals surface area contributed by atoms with Gasteiger partial charge < -0.3 is 6.92 Å². The SMILES string of the molecule is C=[C-]c1ccccc1.[Ba+2].[CH2-]C. The van der Waals surface area contributed by atoms with Gasteiger partial charge in [-0.05, 0) is 0 Å². The first-order chi connectivity index (χ1) is 4.93. The maximum atomic E-state index is 3.51. The van der Waals surface area contributed by atoms with Crippen molar-refractivity contribution in [1.82, 2.24) is 0 Å². The summed E-state index contributed by atoms with van der Waals surface area (Å²) < 4.78 is 0. The fourth-order valence-corrected chi connectivity index (χ4v) is 0.556. The van der Waals surface area contributed by atoms with Gasteiger partial charge in [0.2, 0.25) is 0 Å². The van der Waals surface area contributed by atoms with E-state index in [2.05, 4.69) is 19.6 Å². The summed E-state index contributed by atoms with van der Waals surface area (Å²) in [5.41, 5.74) is 1.05. The second-order valence-electron chi connectivity index (χ2n) is 1.54. The molecule has 0 radical (unpaired) electrons. The molecule has 0 saturated heterocycles. The van der Waals surface area contributed by atoms with Crippen LogP contribution in [0.4, 0.5) is 0 Å².